The van der Waals surface area contributed by atoms with E-state index in [2.05, 4.69) is 0 Å². The average Bonchev–Trinajstić information content (AvgIpc) is 2.92. The molecule has 13 heteroatoms. The lowest BCUT2D eigenvalue weighted by Gasteiger charge is -2.35. The number of carboxylic acid groups (broad SMARTS) is 1. The number of aliphatic hydroxyl groups excluding tert-OH is 1. The van der Waals surface area contributed by atoms with Crippen LogP contribution in [-0.4, -0.2) is 70.3 Å². The molecule has 11 nitrogen and oxygen atoms in total. The van der Waals surface area contributed by atoms with Crippen LogP contribution in [0.3, 0.4) is 0 Å². The van der Waals surface area contributed by atoms with Gasteiger partial charge in [-0.15, -0.1) is 0 Å². The van der Waals surface area contributed by atoms with Crippen LogP contribution >= 0.6 is 19.4 Å². The number of allylic oxidation sites excluding steroid dienone is 2. The number of rotatable bonds is 17. The van der Waals surface area contributed by atoms with Gasteiger partial charge in [-0.2, -0.15) is 0 Å². The molecule has 1 aliphatic rings. The summed E-state index contributed by atoms with van der Waals surface area (Å²) in [5, 5.41) is 30.0. The number of aromatic hydroxyl groups is 1. The molecule has 0 aromatic heterocycles. The van der Waals surface area contributed by atoms with Crippen molar-refractivity contribution in [1.29, 1.82) is 0 Å². The van der Waals surface area contributed by atoms with Crippen LogP contribution in [0.15, 0.2) is 48.6 Å². The Bertz CT molecular complexity index is 1180. The Kier molecular flexibility index (Phi) is 14.4. The van der Waals surface area contributed by atoms with E-state index in [1.807, 2.05) is 19.9 Å². The van der Waals surface area contributed by atoms with Crippen molar-refractivity contribution < 1.29 is 52.9 Å². The minimum atomic E-state index is -4.93. The smallest absolute Gasteiger partial charge is 0.473 e. The predicted octanol–water partition coefficient (Wildman–Crippen LogP) is 5.14. The molecule has 0 fully saturated rings. The quantitative estimate of drug-likeness (QED) is 0.102. The van der Waals surface area contributed by atoms with E-state index < -0.39 is 56.7 Å². The number of cyclic esters (lactones) is 1. The number of halogens is 1. The lowest BCUT2D eigenvalue weighted by Crippen LogP contribution is -2.37. The highest BCUT2D eigenvalue weighted by Crippen LogP contribution is 2.48. The second kappa shape index (κ2) is 17.0. The van der Waals surface area contributed by atoms with Crippen molar-refractivity contribution in [2.45, 2.75) is 64.4 Å². The van der Waals surface area contributed by atoms with Crippen LogP contribution in [0.25, 0.3) is 6.08 Å². The van der Waals surface area contributed by atoms with Gasteiger partial charge in [0.15, 0.2) is 6.10 Å². The molecule has 1 unspecified atom stereocenters. The van der Waals surface area contributed by atoms with Gasteiger partial charge in [-0.1, -0.05) is 74.9 Å². The summed E-state index contributed by atoms with van der Waals surface area (Å²) in [6.45, 7) is 5.15. The number of phenols is 1. The summed E-state index contributed by atoms with van der Waals surface area (Å²) in [7, 11) is -3.71. The number of ether oxygens (including phenoxy) is 2. The van der Waals surface area contributed by atoms with E-state index >= 15 is 0 Å². The summed E-state index contributed by atoms with van der Waals surface area (Å²) < 4.78 is 33.5. The standard InChI is InChI=1S/C29H40ClO11P/c1-5-20-13-14-26(33)39-28(20)19(3)15-18(2)24(40-42(36,37)41-25(17-38-4)29(34)35)16-22(31)11-7-6-9-21-10-8-12-23(32)27(21)30/h6-14,18-20,22,24-25,28,31-32H,5,15-17H2,1-4H3,(H,34,35)(H,36,37)/t18-,19-,20-,22-,24+,25+,28-/m1/s1. The summed E-state index contributed by atoms with van der Waals surface area (Å²) in [5.74, 6) is -2.65. The van der Waals surface area contributed by atoms with Gasteiger partial charge in [0.05, 0.1) is 23.8 Å². The minimum absolute atomic E-state index is 0.00209. The van der Waals surface area contributed by atoms with Crippen molar-refractivity contribution in [3.63, 3.8) is 0 Å². The number of benzene rings is 1. The molecule has 42 heavy (non-hydrogen) atoms. The zero-order valence-electron chi connectivity index (χ0n) is 24.0. The highest BCUT2D eigenvalue weighted by atomic mass is 35.5. The Labute approximate surface area is 251 Å². The first kappa shape index (κ1) is 35.7. The van der Waals surface area contributed by atoms with Crippen molar-refractivity contribution in [3.05, 3.63) is 59.2 Å². The van der Waals surface area contributed by atoms with Gasteiger partial charge in [0.2, 0.25) is 0 Å². The number of methoxy groups -OCH3 is 1. The second-order valence-electron chi connectivity index (χ2n) is 10.3. The van der Waals surface area contributed by atoms with Crippen LogP contribution in [0.5, 0.6) is 5.75 Å². The molecule has 0 saturated carbocycles. The normalized spacial score (nSPS) is 22.4. The van der Waals surface area contributed by atoms with E-state index in [0.717, 1.165) is 6.42 Å². The van der Waals surface area contributed by atoms with Gasteiger partial charge >= 0.3 is 19.8 Å². The van der Waals surface area contributed by atoms with Crippen LogP contribution in [0.4, 0.5) is 0 Å². The molecule has 0 radical (unpaired) electrons. The molecule has 234 valence electrons. The van der Waals surface area contributed by atoms with E-state index in [1.165, 1.54) is 25.3 Å². The van der Waals surface area contributed by atoms with Crippen LogP contribution in [0.1, 0.15) is 45.6 Å². The molecule has 1 aromatic carbocycles. The third kappa shape index (κ3) is 11.3. The monoisotopic (exact) mass is 630 g/mol. The molecular weight excluding hydrogens is 591 g/mol. The summed E-state index contributed by atoms with van der Waals surface area (Å²) in [5.41, 5.74) is 0.561. The fourth-order valence-corrected chi connectivity index (χ4v) is 6.07. The first-order chi connectivity index (χ1) is 19.8. The Hall–Kier alpha value is -2.50. The van der Waals surface area contributed by atoms with E-state index in [0.29, 0.717) is 12.0 Å². The molecule has 1 aliphatic heterocycles. The van der Waals surface area contributed by atoms with E-state index in [-0.39, 0.29) is 29.0 Å². The van der Waals surface area contributed by atoms with Gasteiger partial charge in [0.1, 0.15) is 11.9 Å². The summed E-state index contributed by atoms with van der Waals surface area (Å²) in [6.07, 6.45) is 6.07. The number of hydrogen-bond acceptors (Lipinski definition) is 9. The van der Waals surface area contributed by atoms with Crippen molar-refractivity contribution in [3.8, 4) is 5.75 Å². The topological polar surface area (TPSA) is 169 Å². The lowest BCUT2D eigenvalue weighted by atomic mass is 9.81. The molecule has 1 aromatic rings. The third-order valence-corrected chi connectivity index (χ3v) is 8.36. The van der Waals surface area contributed by atoms with Gasteiger partial charge < -0.3 is 29.7 Å². The summed E-state index contributed by atoms with van der Waals surface area (Å²) >= 11 is 6.07. The van der Waals surface area contributed by atoms with Crippen molar-refractivity contribution in [2.24, 2.45) is 17.8 Å². The van der Waals surface area contributed by atoms with Gasteiger partial charge in [0, 0.05) is 25.5 Å². The summed E-state index contributed by atoms with van der Waals surface area (Å²) in [6, 6.07) is 4.79. The largest absolute Gasteiger partial charge is 0.506 e. The number of carboxylic acids is 1. The predicted molar refractivity (Wildman–Crippen MR) is 157 cm³/mol. The highest BCUT2D eigenvalue weighted by molar-refractivity contribution is 7.47. The highest BCUT2D eigenvalue weighted by Gasteiger charge is 2.38. The molecule has 0 aliphatic carbocycles. The first-order valence-corrected chi connectivity index (χ1v) is 15.5. The number of aliphatic carboxylic acids is 1. The van der Waals surface area contributed by atoms with Crippen LogP contribution < -0.4 is 0 Å². The zero-order valence-corrected chi connectivity index (χ0v) is 25.7. The fraction of sp³-hybridized carbons (Fsp3) is 0.517. The Morgan fingerprint density at radius 2 is 1.93 bits per heavy atom. The number of hydrogen-bond donors (Lipinski definition) is 4. The number of phenolic OH excluding ortho intramolecular Hbond substituents is 1. The lowest BCUT2D eigenvalue weighted by molar-refractivity contribution is -0.151. The van der Waals surface area contributed by atoms with Crippen LogP contribution in [0.2, 0.25) is 5.02 Å². The number of aliphatic hydroxyl groups is 1. The van der Waals surface area contributed by atoms with Gasteiger partial charge in [0.25, 0.3) is 0 Å². The Morgan fingerprint density at radius 3 is 2.57 bits per heavy atom. The molecular formula is C29H40ClO11P. The van der Waals surface area contributed by atoms with Crippen LogP contribution in [-0.2, 0) is 32.7 Å². The number of phosphoric ester groups is 1. The molecule has 2 rings (SSSR count). The number of phosphoric acid groups is 1. The van der Waals surface area contributed by atoms with Crippen molar-refractivity contribution >= 4 is 37.4 Å². The summed E-state index contributed by atoms with van der Waals surface area (Å²) in [4.78, 5) is 33.8. The molecule has 4 N–H and O–H groups in total. The molecule has 8 atom stereocenters. The molecule has 0 saturated heterocycles. The zero-order chi connectivity index (χ0) is 31.4. The van der Waals surface area contributed by atoms with Gasteiger partial charge in [-0.25, -0.2) is 14.2 Å². The van der Waals surface area contributed by atoms with Crippen molar-refractivity contribution in [2.75, 3.05) is 13.7 Å². The van der Waals surface area contributed by atoms with Crippen molar-refractivity contribution in [1.82, 2.24) is 0 Å². The maximum atomic E-state index is 12.9. The maximum absolute atomic E-state index is 12.9. The average molecular weight is 631 g/mol. The minimum Gasteiger partial charge on any atom is -0.506 e. The van der Waals surface area contributed by atoms with Gasteiger partial charge in [-0.05, 0) is 36.3 Å². The maximum Gasteiger partial charge on any atom is 0.473 e. The first-order valence-electron chi connectivity index (χ1n) is 13.6. The Morgan fingerprint density at radius 1 is 1.21 bits per heavy atom. The van der Waals surface area contributed by atoms with Gasteiger partial charge in [-0.3, -0.25) is 9.05 Å². The van der Waals surface area contributed by atoms with E-state index in [4.69, 9.17) is 30.1 Å². The third-order valence-electron chi connectivity index (χ3n) is 6.89. The number of carbonyl (C=O) groups excluding carboxylic acids is 1. The number of esters is 1. The van der Waals surface area contributed by atoms with E-state index in [1.54, 1.807) is 37.3 Å². The van der Waals surface area contributed by atoms with E-state index in [9.17, 15) is 34.4 Å². The fourth-order valence-electron chi connectivity index (χ4n) is 4.72. The Balaban J connectivity index is 2.20. The molecule has 0 spiro atoms. The van der Waals surface area contributed by atoms with Crippen LogP contribution in [0, 0.1) is 17.8 Å². The molecule has 1 heterocycles. The molecule has 0 amide bonds. The SMILES string of the molecule is CC[C@@H]1C=CC(=O)O[C@@H]1[C@H](C)C[C@@H](C)[C@H](C[C@H](O)C=CC=Cc1cccc(O)c1Cl)OP(=O)(O)O[C@@H](COC)C(=O)O. The molecule has 0 bridgehead atoms. The number of carbonyl (C=O) groups is 2. The second-order valence-corrected chi connectivity index (χ2v) is 12.0.